The molecule has 1 fully saturated rings. The van der Waals surface area contributed by atoms with Crippen molar-refractivity contribution in [3.05, 3.63) is 47.9 Å². The number of fused-ring (bicyclic) bond motifs is 1. The van der Waals surface area contributed by atoms with Crippen molar-refractivity contribution >= 4 is 22.9 Å². The van der Waals surface area contributed by atoms with Crippen molar-refractivity contribution in [3.63, 3.8) is 0 Å². The third-order valence-corrected chi connectivity index (χ3v) is 5.60. The summed E-state index contributed by atoms with van der Waals surface area (Å²) in [6, 6.07) is 10.0. The van der Waals surface area contributed by atoms with Crippen LogP contribution in [0.15, 0.2) is 36.5 Å². The Balaban J connectivity index is 1.61. The number of anilines is 1. The summed E-state index contributed by atoms with van der Waals surface area (Å²) in [5.74, 6) is 2.60. The quantitative estimate of drug-likeness (QED) is 0.556. The molecule has 0 saturated heterocycles. The fourth-order valence-corrected chi connectivity index (χ4v) is 3.64. The zero-order valence-corrected chi connectivity index (χ0v) is 18.6. The molecule has 1 aliphatic carbocycles. The first kappa shape index (κ1) is 21.2. The van der Waals surface area contributed by atoms with Gasteiger partial charge < -0.3 is 14.6 Å². The monoisotopic (exact) mass is 421 g/mol. The Labute approximate surface area is 183 Å². The topological polar surface area (TPSA) is 72.3 Å². The fraction of sp³-hybridized carbons (Fsp3) is 0.458. The van der Waals surface area contributed by atoms with E-state index in [1.54, 1.807) is 18.1 Å². The van der Waals surface area contributed by atoms with E-state index in [4.69, 9.17) is 14.7 Å². The number of rotatable bonds is 9. The average Bonchev–Trinajstić information content (AvgIpc) is 3.54. The molecule has 0 radical (unpaired) electrons. The minimum absolute atomic E-state index is 0.130. The molecule has 0 spiro atoms. The molecule has 164 valence electrons. The SMILES string of the molecule is CCCNC(=O)N(C)c1cnc2c(c1)nc(Cc1ccc(OCC)cc1)n2CC1CC1. The third kappa shape index (κ3) is 4.98. The van der Waals surface area contributed by atoms with E-state index in [1.807, 2.05) is 32.0 Å². The van der Waals surface area contributed by atoms with E-state index in [-0.39, 0.29) is 6.03 Å². The second-order valence-electron chi connectivity index (χ2n) is 8.16. The van der Waals surface area contributed by atoms with Gasteiger partial charge in [0, 0.05) is 26.6 Å². The first-order valence-electron chi connectivity index (χ1n) is 11.2. The van der Waals surface area contributed by atoms with Crippen LogP contribution in [0.2, 0.25) is 0 Å². The van der Waals surface area contributed by atoms with Crippen LogP contribution in [-0.2, 0) is 13.0 Å². The van der Waals surface area contributed by atoms with E-state index in [0.29, 0.717) is 19.1 Å². The van der Waals surface area contributed by atoms with E-state index in [1.165, 1.54) is 18.4 Å². The van der Waals surface area contributed by atoms with Crippen LogP contribution in [0.1, 0.15) is 44.5 Å². The van der Waals surface area contributed by atoms with Gasteiger partial charge in [0.05, 0.1) is 18.5 Å². The number of carbonyl (C=O) groups is 1. The number of benzene rings is 1. The number of pyridine rings is 1. The maximum absolute atomic E-state index is 12.3. The molecule has 2 heterocycles. The minimum Gasteiger partial charge on any atom is -0.494 e. The van der Waals surface area contributed by atoms with E-state index in [2.05, 4.69) is 22.0 Å². The molecular weight excluding hydrogens is 390 g/mol. The minimum atomic E-state index is -0.130. The molecule has 4 rings (SSSR count). The first-order chi connectivity index (χ1) is 15.1. The Morgan fingerprint density at radius 1 is 1.26 bits per heavy atom. The number of urea groups is 1. The lowest BCUT2D eigenvalue weighted by Crippen LogP contribution is -2.37. The summed E-state index contributed by atoms with van der Waals surface area (Å²) in [7, 11) is 1.76. The summed E-state index contributed by atoms with van der Waals surface area (Å²) in [5.41, 5.74) is 3.64. The first-order valence-corrected chi connectivity index (χ1v) is 11.2. The highest BCUT2D eigenvalue weighted by atomic mass is 16.5. The van der Waals surface area contributed by atoms with E-state index in [9.17, 15) is 4.79 Å². The van der Waals surface area contributed by atoms with Crippen molar-refractivity contribution in [3.8, 4) is 5.75 Å². The Hall–Kier alpha value is -3.09. The van der Waals surface area contributed by atoms with Gasteiger partial charge in [-0.3, -0.25) is 4.90 Å². The normalized spacial score (nSPS) is 13.4. The van der Waals surface area contributed by atoms with Crippen LogP contribution in [0.3, 0.4) is 0 Å². The second kappa shape index (κ2) is 9.37. The number of amides is 2. The van der Waals surface area contributed by atoms with Gasteiger partial charge in [-0.05, 0) is 55.9 Å². The molecule has 7 nitrogen and oxygen atoms in total. The Morgan fingerprint density at radius 2 is 2.03 bits per heavy atom. The van der Waals surface area contributed by atoms with Crippen molar-refractivity contribution in [2.45, 2.75) is 46.1 Å². The number of hydrogen-bond donors (Lipinski definition) is 1. The van der Waals surface area contributed by atoms with Crippen molar-refractivity contribution in [2.75, 3.05) is 25.1 Å². The maximum atomic E-state index is 12.3. The summed E-state index contributed by atoms with van der Waals surface area (Å²) in [6.45, 7) is 6.28. The predicted molar refractivity (Wildman–Crippen MR) is 123 cm³/mol. The number of nitrogens with one attached hydrogen (secondary N) is 1. The zero-order valence-electron chi connectivity index (χ0n) is 18.6. The second-order valence-corrected chi connectivity index (χ2v) is 8.16. The van der Waals surface area contributed by atoms with Gasteiger partial charge in [0.15, 0.2) is 5.65 Å². The maximum Gasteiger partial charge on any atom is 0.321 e. The molecule has 1 aliphatic rings. The van der Waals surface area contributed by atoms with E-state index in [0.717, 1.165) is 47.8 Å². The highest BCUT2D eigenvalue weighted by Crippen LogP contribution is 2.33. The van der Waals surface area contributed by atoms with Crippen molar-refractivity contribution in [1.29, 1.82) is 0 Å². The molecule has 1 saturated carbocycles. The zero-order chi connectivity index (χ0) is 21.8. The number of imidazole rings is 1. The lowest BCUT2D eigenvalue weighted by molar-refractivity contribution is 0.247. The number of aromatic nitrogens is 3. The predicted octanol–water partition coefficient (Wildman–Crippen LogP) is 4.39. The highest BCUT2D eigenvalue weighted by molar-refractivity contribution is 5.92. The Morgan fingerprint density at radius 3 is 2.71 bits per heavy atom. The number of ether oxygens (including phenoxy) is 1. The molecule has 0 unspecified atom stereocenters. The van der Waals surface area contributed by atoms with Crippen LogP contribution in [0.5, 0.6) is 5.75 Å². The smallest absolute Gasteiger partial charge is 0.321 e. The van der Waals surface area contributed by atoms with Crippen LogP contribution in [0.25, 0.3) is 11.2 Å². The summed E-state index contributed by atoms with van der Waals surface area (Å²) in [6.07, 6.45) is 5.93. The van der Waals surface area contributed by atoms with Crippen molar-refractivity contribution in [2.24, 2.45) is 5.92 Å². The number of carbonyl (C=O) groups excluding carboxylic acids is 1. The molecule has 0 aliphatic heterocycles. The standard InChI is InChI=1S/C24H31N5O2/c1-4-12-25-24(30)28(3)19-14-21-23(26-15-19)29(16-18-6-7-18)22(27-21)13-17-8-10-20(11-9-17)31-5-2/h8-11,14-15,18H,4-7,12-13,16H2,1-3H3,(H,25,30). The van der Waals surface area contributed by atoms with Crippen LogP contribution in [0, 0.1) is 5.92 Å². The molecule has 2 amide bonds. The van der Waals surface area contributed by atoms with Crippen molar-refractivity contribution in [1.82, 2.24) is 19.9 Å². The van der Waals surface area contributed by atoms with Crippen molar-refractivity contribution < 1.29 is 9.53 Å². The molecule has 3 aromatic rings. The molecule has 2 aromatic heterocycles. The molecule has 1 N–H and O–H groups in total. The molecule has 31 heavy (non-hydrogen) atoms. The van der Waals surface area contributed by atoms with Gasteiger partial charge in [0.25, 0.3) is 0 Å². The van der Waals surface area contributed by atoms with Crippen LogP contribution in [-0.4, -0.2) is 40.8 Å². The summed E-state index contributed by atoms with van der Waals surface area (Å²) in [5, 5.41) is 2.90. The molecule has 1 aromatic carbocycles. The van der Waals surface area contributed by atoms with Crippen LogP contribution >= 0.6 is 0 Å². The largest absolute Gasteiger partial charge is 0.494 e. The van der Waals surface area contributed by atoms with Gasteiger partial charge >= 0.3 is 6.03 Å². The van der Waals surface area contributed by atoms with Gasteiger partial charge in [-0.25, -0.2) is 14.8 Å². The average molecular weight is 422 g/mol. The van der Waals surface area contributed by atoms with Crippen LogP contribution in [0.4, 0.5) is 10.5 Å². The van der Waals surface area contributed by atoms with Gasteiger partial charge in [0.2, 0.25) is 0 Å². The molecule has 7 heteroatoms. The van der Waals surface area contributed by atoms with E-state index >= 15 is 0 Å². The lowest BCUT2D eigenvalue weighted by atomic mass is 10.1. The summed E-state index contributed by atoms with van der Waals surface area (Å²) >= 11 is 0. The summed E-state index contributed by atoms with van der Waals surface area (Å²) < 4.78 is 7.81. The number of nitrogens with zero attached hydrogens (tertiary/aromatic N) is 4. The van der Waals surface area contributed by atoms with Crippen LogP contribution < -0.4 is 15.0 Å². The Bertz CT molecular complexity index is 1040. The third-order valence-electron chi connectivity index (χ3n) is 5.60. The van der Waals surface area contributed by atoms with Gasteiger partial charge in [-0.15, -0.1) is 0 Å². The van der Waals surface area contributed by atoms with Gasteiger partial charge in [0.1, 0.15) is 17.1 Å². The lowest BCUT2D eigenvalue weighted by Gasteiger charge is -2.17. The van der Waals surface area contributed by atoms with E-state index < -0.39 is 0 Å². The molecule has 0 bridgehead atoms. The molecule has 0 atom stereocenters. The molecular formula is C24H31N5O2. The number of hydrogen-bond acceptors (Lipinski definition) is 4. The summed E-state index contributed by atoms with van der Waals surface area (Å²) in [4.78, 5) is 23.6. The van der Waals surface area contributed by atoms with Gasteiger partial charge in [-0.1, -0.05) is 19.1 Å². The Kier molecular flexibility index (Phi) is 6.39. The van der Waals surface area contributed by atoms with Gasteiger partial charge in [-0.2, -0.15) is 0 Å². The highest BCUT2D eigenvalue weighted by Gasteiger charge is 2.25. The fourth-order valence-electron chi connectivity index (χ4n) is 3.64.